The lowest BCUT2D eigenvalue weighted by molar-refractivity contribution is -0.112. The molecule has 2 aliphatic heterocycles. The highest BCUT2D eigenvalue weighted by Crippen LogP contribution is 2.39. The number of benzene rings is 1. The number of carbonyl (C=O) groups excluding carboxylic acids is 1. The van der Waals surface area contributed by atoms with Gasteiger partial charge >= 0.3 is 0 Å². The van der Waals surface area contributed by atoms with Gasteiger partial charge in [-0.2, -0.15) is 0 Å². The van der Waals surface area contributed by atoms with Crippen molar-refractivity contribution in [2.45, 2.75) is 31.0 Å². The van der Waals surface area contributed by atoms with Crippen LogP contribution in [0.15, 0.2) is 21.1 Å². The Morgan fingerprint density at radius 3 is 2.67 bits per heavy atom. The average Bonchev–Trinajstić information content (AvgIpc) is 2.90. The molecule has 0 aromatic heterocycles. The zero-order valence-corrected chi connectivity index (χ0v) is 14.6. The Morgan fingerprint density at radius 1 is 1.29 bits per heavy atom. The van der Waals surface area contributed by atoms with Gasteiger partial charge < -0.3 is 14.2 Å². The molecule has 6 heteroatoms. The molecule has 2 fully saturated rings. The van der Waals surface area contributed by atoms with Crippen LogP contribution in [0.1, 0.15) is 29.6 Å². The van der Waals surface area contributed by atoms with E-state index in [9.17, 15) is 4.79 Å². The number of rotatable bonds is 3. The van der Waals surface area contributed by atoms with E-state index < -0.39 is 0 Å². The molecule has 0 saturated carbocycles. The molecule has 4 nitrogen and oxygen atoms in total. The van der Waals surface area contributed by atoms with Crippen LogP contribution >= 0.6 is 31.9 Å². The fourth-order valence-electron chi connectivity index (χ4n) is 2.87. The summed E-state index contributed by atoms with van der Waals surface area (Å²) in [4.78, 5) is 10.9. The lowest BCUT2D eigenvalue weighted by Gasteiger charge is -2.37. The van der Waals surface area contributed by atoms with Crippen LogP contribution in [0.2, 0.25) is 0 Å². The van der Waals surface area contributed by atoms with Crippen molar-refractivity contribution in [1.29, 1.82) is 0 Å². The van der Waals surface area contributed by atoms with Gasteiger partial charge in [-0.1, -0.05) is 0 Å². The van der Waals surface area contributed by atoms with E-state index in [-0.39, 0.29) is 11.7 Å². The molecule has 21 heavy (non-hydrogen) atoms. The molecule has 2 aliphatic rings. The summed E-state index contributed by atoms with van der Waals surface area (Å²) < 4.78 is 19.1. The Bertz CT molecular complexity index is 517. The van der Waals surface area contributed by atoms with Gasteiger partial charge in [-0.3, -0.25) is 4.79 Å². The highest BCUT2D eigenvalue weighted by atomic mass is 79.9. The van der Waals surface area contributed by atoms with Crippen molar-refractivity contribution in [3.05, 3.63) is 26.6 Å². The van der Waals surface area contributed by atoms with Crippen LogP contribution in [0.4, 0.5) is 0 Å². The molecule has 2 heterocycles. The van der Waals surface area contributed by atoms with Gasteiger partial charge in [0.25, 0.3) is 0 Å². The number of halogens is 2. The maximum atomic E-state index is 10.9. The van der Waals surface area contributed by atoms with Crippen LogP contribution in [-0.4, -0.2) is 37.8 Å². The fourth-order valence-corrected chi connectivity index (χ4v) is 4.28. The van der Waals surface area contributed by atoms with Crippen molar-refractivity contribution in [2.75, 3.05) is 19.8 Å². The van der Waals surface area contributed by atoms with Crippen molar-refractivity contribution in [3.8, 4) is 5.75 Å². The van der Waals surface area contributed by atoms with Crippen LogP contribution in [0.25, 0.3) is 0 Å². The molecular formula is C15H16Br2O4. The van der Waals surface area contributed by atoms with Crippen LogP contribution < -0.4 is 4.74 Å². The predicted octanol–water partition coefficient (Wildman–Crippen LogP) is 3.74. The number of carbonyl (C=O) groups is 1. The van der Waals surface area contributed by atoms with Crippen molar-refractivity contribution < 1.29 is 19.0 Å². The first-order chi connectivity index (χ1) is 10.1. The molecule has 2 atom stereocenters. The van der Waals surface area contributed by atoms with E-state index in [1.54, 1.807) is 12.1 Å². The second-order valence-electron chi connectivity index (χ2n) is 5.50. The van der Waals surface area contributed by atoms with Crippen LogP contribution in [0.3, 0.4) is 0 Å². The fraction of sp³-hybridized carbons (Fsp3) is 0.533. The molecule has 3 rings (SSSR count). The predicted molar refractivity (Wildman–Crippen MR) is 85.0 cm³/mol. The Hall–Kier alpha value is -0.430. The molecule has 0 N–H and O–H groups in total. The minimum absolute atomic E-state index is 0.0927. The molecule has 0 radical (unpaired) electrons. The number of hydrogen-bond donors (Lipinski definition) is 0. The Balaban J connectivity index is 1.75. The summed E-state index contributed by atoms with van der Waals surface area (Å²) in [6, 6.07) is 3.53. The first-order valence-corrected chi connectivity index (χ1v) is 8.53. The average molecular weight is 420 g/mol. The Kier molecular flexibility index (Phi) is 4.69. The molecule has 1 spiro atoms. The smallest absolute Gasteiger partial charge is 0.150 e. The Labute approximate surface area is 140 Å². The quantitative estimate of drug-likeness (QED) is 0.700. The normalized spacial score (nSPS) is 28.8. The first kappa shape index (κ1) is 15.5. The van der Waals surface area contributed by atoms with Crippen molar-refractivity contribution in [2.24, 2.45) is 0 Å². The van der Waals surface area contributed by atoms with E-state index >= 15 is 0 Å². The molecule has 0 aliphatic carbocycles. The number of aldehydes is 1. The molecule has 2 saturated heterocycles. The molecule has 0 bridgehead atoms. The van der Waals surface area contributed by atoms with Crippen LogP contribution in [0, 0.1) is 0 Å². The summed E-state index contributed by atoms with van der Waals surface area (Å²) in [5.41, 5.74) is 0.429. The van der Waals surface area contributed by atoms with Crippen LogP contribution in [0.5, 0.6) is 5.75 Å². The third kappa shape index (κ3) is 3.33. The largest absolute Gasteiger partial charge is 0.488 e. The summed E-state index contributed by atoms with van der Waals surface area (Å²) >= 11 is 6.94. The summed E-state index contributed by atoms with van der Waals surface area (Å²) in [7, 11) is 0. The zero-order valence-electron chi connectivity index (χ0n) is 11.4. The van der Waals surface area contributed by atoms with Crippen molar-refractivity contribution >= 4 is 38.1 Å². The monoisotopic (exact) mass is 418 g/mol. The van der Waals surface area contributed by atoms with Gasteiger partial charge in [0.05, 0.1) is 27.8 Å². The van der Waals surface area contributed by atoms with E-state index in [0.717, 1.165) is 46.9 Å². The van der Waals surface area contributed by atoms with Gasteiger partial charge in [-0.15, -0.1) is 0 Å². The first-order valence-electron chi connectivity index (χ1n) is 6.94. The zero-order chi connectivity index (χ0) is 14.9. The summed E-state index contributed by atoms with van der Waals surface area (Å²) in [6.45, 7) is 2.10. The third-order valence-corrected chi connectivity index (χ3v) is 5.13. The minimum Gasteiger partial charge on any atom is -0.488 e. The Morgan fingerprint density at radius 2 is 2.05 bits per heavy atom. The van der Waals surface area contributed by atoms with Gasteiger partial charge in [-0.05, 0) is 44.0 Å². The highest BCUT2D eigenvalue weighted by Gasteiger charge is 2.42. The molecule has 1 aromatic carbocycles. The minimum atomic E-state index is -0.176. The van der Waals surface area contributed by atoms with Gasteiger partial charge in [0.2, 0.25) is 0 Å². The summed E-state index contributed by atoms with van der Waals surface area (Å²) in [5, 5.41) is 0. The topological polar surface area (TPSA) is 44.8 Å². The summed E-state index contributed by atoms with van der Waals surface area (Å²) in [6.07, 6.45) is 3.53. The number of ether oxygens (including phenoxy) is 3. The van der Waals surface area contributed by atoms with E-state index in [4.69, 9.17) is 14.2 Å². The second kappa shape index (κ2) is 6.36. The maximum absolute atomic E-state index is 10.9. The molecule has 0 amide bonds. The van der Waals surface area contributed by atoms with Gasteiger partial charge in [0.1, 0.15) is 18.1 Å². The van der Waals surface area contributed by atoms with Crippen molar-refractivity contribution in [3.63, 3.8) is 0 Å². The standard InChI is InChI=1S/C15H16Br2O4/c16-12-5-10(8-18)6-13(17)14(12)21-11-1-3-20-15(7-11)2-4-19-9-15/h5-6,8,11H,1-4,7,9H2. The van der Waals surface area contributed by atoms with Gasteiger partial charge in [0.15, 0.2) is 0 Å². The lowest BCUT2D eigenvalue weighted by Crippen LogP contribution is -2.44. The van der Waals surface area contributed by atoms with E-state index in [0.29, 0.717) is 18.8 Å². The summed E-state index contributed by atoms with van der Waals surface area (Å²) in [5.74, 6) is 0.738. The van der Waals surface area contributed by atoms with Crippen molar-refractivity contribution in [1.82, 2.24) is 0 Å². The number of hydrogen-bond acceptors (Lipinski definition) is 4. The van der Waals surface area contributed by atoms with E-state index in [1.807, 2.05) is 0 Å². The second-order valence-corrected chi connectivity index (χ2v) is 7.21. The van der Waals surface area contributed by atoms with E-state index in [2.05, 4.69) is 31.9 Å². The van der Waals surface area contributed by atoms with E-state index in [1.165, 1.54) is 0 Å². The molecular weight excluding hydrogens is 404 g/mol. The maximum Gasteiger partial charge on any atom is 0.150 e. The highest BCUT2D eigenvalue weighted by molar-refractivity contribution is 9.11. The van der Waals surface area contributed by atoms with Gasteiger partial charge in [0, 0.05) is 31.4 Å². The SMILES string of the molecule is O=Cc1cc(Br)c(OC2CCOC3(CCOC3)C2)c(Br)c1. The van der Waals surface area contributed by atoms with Crippen LogP contribution in [-0.2, 0) is 9.47 Å². The lowest BCUT2D eigenvalue weighted by atomic mass is 9.91. The molecule has 114 valence electrons. The third-order valence-electron chi connectivity index (χ3n) is 3.96. The van der Waals surface area contributed by atoms with Gasteiger partial charge in [-0.25, -0.2) is 0 Å². The molecule has 2 unspecified atom stereocenters. The molecule has 1 aromatic rings.